The van der Waals surface area contributed by atoms with E-state index in [2.05, 4.69) is 5.32 Å². The van der Waals surface area contributed by atoms with Crippen LogP contribution in [0.15, 0.2) is 15.4 Å². The maximum absolute atomic E-state index is 12.7. The predicted molar refractivity (Wildman–Crippen MR) is 92.1 cm³/mol. The summed E-state index contributed by atoms with van der Waals surface area (Å²) in [7, 11) is -3.57. The first-order chi connectivity index (χ1) is 10.9. The van der Waals surface area contributed by atoms with Crippen LogP contribution in [-0.2, 0) is 10.0 Å². The van der Waals surface area contributed by atoms with Gasteiger partial charge in [-0.25, -0.2) is 8.42 Å². The number of piperazine rings is 1. The Morgan fingerprint density at radius 3 is 2.58 bits per heavy atom. The maximum Gasteiger partial charge on any atom is 0.289 e. The topological polar surface area (TPSA) is 82.9 Å². The largest absolute Gasteiger partial charge is 0.455 e. The second-order valence-electron chi connectivity index (χ2n) is 6.19. The van der Waals surface area contributed by atoms with Crippen molar-refractivity contribution in [2.75, 3.05) is 32.7 Å². The van der Waals surface area contributed by atoms with Crippen LogP contribution >= 0.6 is 12.4 Å². The summed E-state index contributed by atoms with van der Waals surface area (Å²) in [6.45, 7) is 6.67. The van der Waals surface area contributed by atoms with Crippen LogP contribution < -0.4 is 5.32 Å². The minimum Gasteiger partial charge on any atom is -0.455 e. The Labute approximate surface area is 148 Å². The van der Waals surface area contributed by atoms with E-state index in [-0.39, 0.29) is 40.8 Å². The van der Waals surface area contributed by atoms with Crippen molar-refractivity contribution < 1.29 is 17.6 Å². The third kappa shape index (κ3) is 3.46. The Morgan fingerprint density at radius 2 is 1.96 bits per heavy atom. The van der Waals surface area contributed by atoms with Crippen molar-refractivity contribution in [1.29, 1.82) is 0 Å². The van der Waals surface area contributed by atoms with Crippen LogP contribution in [0.4, 0.5) is 0 Å². The highest BCUT2D eigenvalue weighted by Gasteiger charge is 2.33. The first kappa shape index (κ1) is 19.2. The monoisotopic (exact) mass is 377 g/mol. The molecule has 0 unspecified atom stereocenters. The summed E-state index contributed by atoms with van der Waals surface area (Å²) in [5.41, 5.74) is 0. The number of sulfonamides is 1. The fraction of sp³-hybridized carbons (Fsp3) is 0.667. The predicted octanol–water partition coefficient (Wildman–Crippen LogP) is 1.23. The summed E-state index contributed by atoms with van der Waals surface area (Å²) in [5, 5.41) is 3.22. The molecule has 0 spiro atoms. The molecule has 136 valence electrons. The molecule has 24 heavy (non-hydrogen) atoms. The minimum absolute atomic E-state index is 0. The number of hydrogen-bond acceptors (Lipinski definition) is 5. The molecular formula is C15H24ClN3O4S. The summed E-state index contributed by atoms with van der Waals surface area (Å²) in [4.78, 5) is 14.5. The summed E-state index contributed by atoms with van der Waals surface area (Å²) in [6.07, 6.45) is 1.75. The van der Waals surface area contributed by atoms with E-state index in [1.807, 2.05) is 6.92 Å². The Morgan fingerprint density at radius 1 is 1.29 bits per heavy atom. The first-order valence-corrected chi connectivity index (χ1v) is 9.47. The SMILES string of the molecule is Cc1oc(C(=O)N2CCNC[C@@H]2C)cc1S(=O)(=O)N1CCCC1.Cl. The van der Waals surface area contributed by atoms with Gasteiger partial charge in [0.2, 0.25) is 10.0 Å². The van der Waals surface area contributed by atoms with Crippen LogP contribution in [0, 0.1) is 6.92 Å². The molecule has 0 radical (unpaired) electrons. The number of carbonyl (C=O) groups excluding carboxylic acids is 1. The lowest BCUT2D eigenvalue weighted by Crippen LogP contribution is -2.52. The maximum atomic E-state index is 12.7. The van der Waals surface area contributed by atoms with Gasteiger partial charge in [-0.05, 0) is 26.7 Å². The fourth-order valence-corrected chi connectivity index (χ4v) is 4.86. The van der Waals surface area contributed by atoms with Crippen LogP contribution in [0.3, 0.4) is 0 Å². The van der Waals surface area contributed by atoms with E-state index in [1.54, 1.807) is 11.8 Å². The Kier molecular flexibility index (Phi) is 5.95. The number of nitrogens with one attached hydrogen (secondary N) is 1. The smallest absolute Gasteiger partial charge is 0.289 e. The van der Waals surface area contributed by atoms with Gasteiger partial charge in [0.25, 0.3) is 5.91 Å². The van der Waals surface area contributed by atoms with E-state index >= 15 is 0 Å². The van der Waals surface area contributed by atoms with Crippen molar-refractivity contribution in [1.82, 2.24) is 14.5 Å². The average Bonchev–Trinajstić information content (AvgIpc) is 3.17. The zero-order valence-electron chi connectivity index (χ0n) is 13.9. The summed E-state index contributed by atoms with van der Waals surface area (Å²) in [5.74, 6) is 0.141. The van der Waals surface area contributed by atoms with Crippen LogP contribution in [0.25, 0.3) is 0 Å². The van der Waals surface area contributed by atoms with Crippen LogP contribution in [0.1, 0.15) is 36.1 Å². The van der Waals surface area contributed by atoms with E-state index < -0.39 is 10.0 Å². The molecule has 2 saturated heterocycles. The number of aryl methyl sites for hydroxylation is 1. The van der Waals surface area contributed by atoms with Gasteiger partial charge in [-0.2, -0.15) is 4.31 Å². The number of amides is 1. The number of carbonyl (C=O) groups is 1. The second kappa shape index (κ2) is 7.43. The van der Waals surface area contributed by atoms with E-state index in [9.17, 15) is 13.2 Å². The van der Waals surface area contributed by atoms with Crippen LogP contribution in [0.5, 0.6) is 0 Å². The lowest BCUT2D eigenvalue weighted by Gasteiger charge is -2.33. The van der Waals surface area contributed by atoms with Gasteiger partial charge in [-0.15, -0.1) is 12.4 Å². The number of nitrogens with zero attached hydrogens (tertiary/aromatic N) is 2. The van der Waals surface area contributed by atoms with E-state index in [0.717, 1.165) is 25.9 Å². The molecule has 0 saturated carbocycles. The highest BCUT2D eigenvalue weighted by molar-refractivity contribution is 7.89. The summed E-state index contributed by atoms with van der Waals surface area (Å²) in [6, 6.07) is 1.44. The molecule has 2 aliphatic heterocycles. The first-order valence-electron chi connectivity index (χ1n) is 8.03. The van der Waals surface area contributed by atoms with Gasteiger partial charge in [0.15, 0.2) is 5.76 Å². The molecule has 0 aliphatic carbocycles. The molecular weight excluding hydrogens is 354 g/mol. The van der Waals surface area contributed by atoms with E-state index in [1.165, 1.54) is 10.4 Å². The minimum atomic E-state index is -3.57. The second-order valence-corrected chi connectivity index (χ2v) is 8.10. The molecule has 1 N–H and O–H groups in total. The Balaban J connectivity index is 0.00000208. The van der Waals surface area contributed by atoms with Crippen LogP contribution in [0.2, 0.25) is 0 Å². The molecule has 3 rings (SSSR count). The Hall–Kier alpha value is -1.09. The molecule has 2 fully saturated rings. The zero-order chi connectivity index (χ0) is 16.6. The van der Waals surface area contributed by atoms with Crippen molar-refractivity contribution in [2.24, 2.45) is 0 Å². The molecule has 1 amide bonds. The quantitative estimate of drug-likeness (QED) is 0.856. The zero-order valence-corrected chi connectivity index (χ0v) is 15.6. The van der Waals surface area contributed by atoms with Crippen molar-refractivity contribution in [3.05, 3.63) is 17.6 Å². The summed E-state index contributed by atoms with van der Waals surface area (Å²) < 4.78 is 32.3. The highest BCUT2D eigenvalue weighted by Crippen LogP contribution is 2.27. The lowest BCUT2D eigenvalue weighted by molar-refractivity contribution is 0.0622. The average molecular weight is 378 g/mol. The van der Waals surface area contributed by atoms with Crippen molar-refractivity contribution >= 4 is 28.3 Å². The van der Waals surface area contributed by atoms with Crippen molar-refractivity contribution in [3.63, 3.8) is 0 Å². The van der Waals surface area contributed by atoms with Gasteiger partial charge in [-0.3, -0.25) is 4.79 Å². The number of furan rings is 1. The van der Waals surface area contributed by atoms with Gasteiger partial charge in [0, 0.05) is 44.8 Å². The molecule has 9 heteroatoms. The molecule has 2 aliphatic rings. The molecule has 1 aromatic rings. The fourth-order valence-electron chi connectivity index (χ4n) is 3.18. The Bertz CT molecular complexity index is 698. The molecule has 1 atom stereocenters. The summed E-state index contributed by atoms with van der Waals surface area (Å²) >= 11 is 0. The number of rotatable bonds is 3. The lowest BCUT2D eigenvalue weighted by atomic mass is 10.2. The van der Waals surface area contributed by atoms with Crippen molar-refractivity contribution in [3.8, 4) is 0 Å². The molecule has 0 bridgehead atoms. The van der Waals surface area contributed by atoms with Gasteiger partial charge in [-0.1, -0.05) is 0 Å². The van der Waals surface area contributed by atoms with Gasteiger partial charge in [0.05, 0.1) is 0 Å². The third-order valence-corrected chi connectivity index (χ3v) is 6.53. The van der Waals surface area contributed by atoms with Gasteiger partial charge in [0.1, 0.15) is 10.7 Å². The molecule has 7 nitrogen and oxygen atoms in total. The standard InChI is InChI=1S/C15H23N3O4S.ClH/c1-11-10-16-5-8-18(11)15(19)13-9-14(12(2)22-13)23(20,21)17-6-3-4-7-17;/h9,11,16H,3-8,10H2,1-2H3;1H/t11-;/m0./s1. The highest BCUT2D eigenvalue weighted by atomic mass is 35.5. The van der Waals surface area contributed by atoms with E-state index in [0.29, 0.717) is 19.6 Å². The van der Waals surface area contributed by atoms with Gasteiger partial charge < -0.3 is 14.6 Å². The van der Waals surface area contributed by atoms with Gasteiger partial charge >= 0.3 is 0 Å². The third-order valence-electron chi connectivity index (χ3n) is 4.53. The van der Waals surface area contributed by atoms with Crippen LogP contribution in [-0.4, -0.2) is 62.3 Å². The number of halogens is 1. The number of hydrogen-bond donors (Lipinski definition) is 1. The molecule has 3 heterocycles. The van der Waals surface area contributed by atoms with E-state index in [4.69, 9.17) is 4.42 Å². The normalized spacial score (nSPS) is 22.4. The van der Waals surface area contributed by atoms with Crippen molar-refractivity contribution in [2.45, 2.75) is 37.6 Å². The molecule has 0 aromatic carbocycles. The molecule has 1 aromatic heterocycles.